The zero-order chi connectivity index (χ0) is 14.0. The van der Waals surface area contributed by atoms with Crippen LogP contribution in [0.3, 0.4) is 0 Å². The van der Waals surface area contributed by atoms with Crippen molar-refractivity contribution in [1.29, 1.82) is 5.26 Å². The fraction of sp³-hybridized carbons (Fsp3) is 0.588. The summed E-state index contributed by atoms with van der Waals surface area (Å²) in [7, 11) is 1.69. The summed E-state index contributed by atoms with van der Waals surface area (Å²) in [6.45, 7) is 2.09. The van der Waals surface area contributed by atoms with Crippen LogP contribution in [0.4, 0.5) is 0 Å². The van der Waals surface area contributed by atoms with E-state index in [4.69, 9.17) is 4.74 Å². The maximum absolute atomic E-state index is 9.97. The Morgan fingerprint density at radius 1 is 1.20 bits per heavy atom. The molecule has 1 heterocycles. The first-order valence-corrected chi connectivity index (χ1v) is 7.64. The molecular weight excluding hydrogens is 248 g/mol. The number of aryl methyl sites for hydroxylation is 1. The smallest absolute Gasteiger partial charge is 0.135 e. The summed E-state index contributed by atoms with van der Waals surface area (Å²) >= 11 is 0. The molecule has 0 bridgehead atoms. The fourth-order valence-corrected chi connectivity index (χ4v) is 3.75. The first-order chi connectivity index (χ1) is 9.80. The Morgan fingerprint density at radius 2 is 2.00 bits per heavy atom. The summed E-state index contributed by atoms with van der Waals surface area (Å²) < 4.78 is 5.38. The average molecular weight is 270 g/mol. The van der Waals surface area contributed by atoms with E-state index < -0.39 is 5.54 Å². The minimum Gasteiger partial charge on any atom is -0.497 e. The van der Waals surface area contributed by atoms with Gasteiger partial charge >= 0.3 is 0 Å². The Kier molecular flexibility index (Phi) is 3.67. The molecule has 3 heteroatoms. The van der Waals surface area contributed by atoms with Crippen LogP contribution in [0.1, 0.15) is 43.2 Å². The molecule has 0 amide bonds. The Labute approximate surface area is 121 Å². The van der Waals surface area contributed by atoms with Gasteiger partial charge < -0.3 is 4.74 Å². The molecule has 1 aromatic rings. The van der Waals surface area contributed by atoms with Gasteiger partial charge in [-0.1, -0.05) is 12.5 Å². The number of piperidine rings is 1. The van der Waals surface area contributed by atoms with Crippen LogP contribution in [0, 0.1) is 11.3 Å². The average Bonchev–Trinajstić information content (AvgIpc) is 2.54. The molecule has 1 atom stereocenters. The highest BCUT2D eigenvalue weighted by Gasteiger charge is 2.42. The van der Waals surface area contributed by atoms with Gasteiger partial charge in [-0.05, 0) is 68.5 Å². The number of nitrogens with zero attached hydrogens (tertiary/aromatic N) is 2. The quantitative estimate of drug-likeness (QED) is 0.827. The van der Waals surface area contributed by atoms with Crippen LogP contribution in [0.5, 0.6) is 5.75 Å². The van der Waals surface area contributed by atoms with Crippen molar-refractivity contribution < 1.29 is 4.74 Å². The highest BCUT2D eigenvalue weighted by molar-refractivity contribution is 5.45. The standard InChI is InChI=1S/C17H22N2O/c1-20-15-8-7-14-6-5-9-17(13-18,16(14)12-15)19-10-3-2-4-11-19/h7-8,12H,2-6,9-11H2,1H3. The molecule has 1 unspecified atom stereocenters. The van der Waals surface area contributed by atoms with Crippen molar-refractivity contribution in [1.82, 2.24) is 4.90 Å². The van der Waals surface area contributed by atoms with E-state index in [0.717, 1.165) is 38.1 Å². The number of ether oxygens (including phenoxy) is 1. The van der Waals surface area contributed by atoms with Gasteiger partial charge in [0.15, 0.2) is 0 Å². The number of rotatable bonds is 2. The summed E-state index contributed by atoms with van der Waals surface area (Å²) in [5.74, 6) is 0.863. The minimum atomic E-state index is -0.428. The lowest BCUT2D eigenvalue weighted by molar-refractivity contribution is 0.0932. The van der Waals surface area contributed by atoms with E-state index in [0.29, 0.717) is 0 Å². The van der Waals surface area contributed by atoms with Crippen molar-refractivity contribution in [2.45, 2.75) is 44.1 Å². The lowest BCUT2D eigenvalue weighted by atomic mass is 9.75. The summed E-state index contributed by atoms with van der Waals surface area (Å²) in [6.07, 6.45) is 6.85. The van der Waals surface area contributed by atoms with Gasteiger partial charge in [0.2, 0.25) is 0 Å². The molecule has 3 nitrogen and oxygen atoms in total. The van der Waals surface area contributed by atoms with E-state index in [-0.39, 0.29) is 0 Å². The normalized spacial score (nSPS) is 26.6. The zero-order valence-corrected chi connectivity index (χ0v) is 12.2. The van der Waals surface area contributed by atoms with Crippen molar-refractivity contribution in [3.8, 4) is 11.8 Å². The van der Waals surface area contributed by atoms with E-state index in [1.807, 2.05) is 6.07 Å². The molecule has 0 aromatic heterocycles. The van der Waals surface area contributed by atoms with E-state index >= 15 is 0 Å². The molecule has 20 heavy (non-hydrogen) atoms. The summed E-state index contributed by atoms with van der Waals surface area (Å²) in [4.78, 5) is 2.41. The second-order valence-electron chi connectivity index (χ2n) is 5.90. The van der Waals surface area contributed by atoms with Gasteiger partial charge in [0.25, 0.3) is 0 Å². The van der Waals surface area contributed by atoms with E-state index in [1.165, 1.54) is 30.4 Å². The topological polar surface area (TPSA) is 36.3 Å². The van der Waals surface area contributed by atoms with Gasteiger partial charge in [0.1, 0.15) is 11.3 Å². The third kappa shape index (κ3) is 2.09. The Hall–Kier alpha value is -1.53. The SMILES string of the molecule is COc1ccc2c(c1)C(C#N)(N1CCCCC1)CCC2. The second kappa shape index (κ2) is 5.46. The molecule has 0 spiro atoms. The van der Waals surface area contributed by atoms with E-state index in [2.05, 4.69) is 23.1 Å². The molecule has 1 aliphatic heterocycles. The fourth-order valence-electron chi connectivity index (χ4n) is 3.75. The first-order valence-electron chi connectivity index (χ1n) is 7.64. The van der Waals surface area contributed by atoms with Crippen LogP contribution in [-0.2, 0) is 12.0 Å². The highest BCUT2D eigenvalue weighted by atomic mass is 16.5. The third-order valence-electron chi connectivity index (χ3n) is 4.83. The maximum atomic E-state index is 9.97. The Balaban J connectivity index is 2.07. The number of methoxy groups -OCH3 is 1. The largest absolute Gasteiger partial charge is 0.497 e. The van der Waals surface area contributed by atoms with Crippen molar-refractivity contribution in [3.05, 3.63) is 29.3 Å². The maximum Gasteiger partial charge on any atom is 0.135 e. The molecule has 0 N–H and O–H groups in total. The molecule has 0 radical (unpaired) electrons. The molecule has 106 valence electrons. The lowest BCUT2D eigenvalue weighted by Gasteiger charge is -2.44. The lowest BCUT2D eigenvalue weighted by Crippen LogP contribution is -2.49. The van der Waals surface area contributed by atoms with Crippen LogP contribution in [0.25, 0.3) is 0 Å². The molecule has 1 saturated heterocycles. The van der Waals surface area contributed by atoms with Crippen LogP contribution >= 0.6 is 0 Å². The van der Waals surface area contributed by atoms with Gasteiger partial charge in [0.05, 0.1) is 13.2 Å². The second-order valence-corrected chi connectivity index (χ2v) is 5.90. The van der Waals surface area contributed by atoms with Gasteiger partial charge in [0, 0.05) is 0 Å². The van der Waals surface area contributed by atoms with Gasteiger partial charge in [-0.3, -0.25) is 4.90 Å². The van der Waals surface area contributed by atoms with Crippen LogP contribution in [-0.4, -0.2) is 25.1 Å². The molecule has 1 aliphatic carbocycles. The van der Waals surface area contributed by atoms with Crippen LogP contribution in [0.15, 0.2) is 18.2 Å². The number of hydrogen-bond acceptors (Lipinski definition) is 3. The van der Waals surface area contributed by atoms with Crippen molar-refractivity contribution >= 4 is 0 Å². The molecule has 0 saturated carbocycles. The van der Waals surface area contributed by atoms with Crippen LogP contribution < -0.4 is 4.74 Å². The van der Waals surface area contributed by atoms with Gasteiger partial charge in [-0.2, -0.15) is 5.26 Å². The molecule has 1 aromatic carbocycles. The summed E-state index contributed by atoms with van der Waals surface area (Å²) in [6, 6.07) is 8.91. The number of likely N-dealkylation sites (tertiary alicyclic amines) is 1. The molecular formula is C17H22N2O. The summed E-state index contributed by atoms with van der Waals surface area (Å²) in [5, 5.41) is 9.97. The van der Waals surface area contributed by atoms with E-state index in [1.54, 1.807) is 7.11 Å². The predicted molar refractivity (Wildman–Crippen MR) is 78.6 cm³/mol. The first kappa shape index (κ1) is 13.5. The van der Waals surface area contributed by atoms with Crippen LogP contribution in [0.2, 0.25) is 0 Å². The van der Waals surface area contributed by atoms with Gasteiger partial charge in [-0.15, -0.1) is 0 Å². The minimum absolute atomic E-state index is 0.428. The highest BCUT2D eigenvalue weighted by Crippen LogP contribution is 2.42. The predicted octanol–water partition coefficient (Wildman–Crippen LogP) is 3.24. The Bertz CT molecular complexity index is 528. The van der Waals surface area contributed by atoms with Crippen molar-refractivity contribution in [2.75, 3.05) is 20.2 Å². The summed E-state index contributed by atoms with van der Waals surface area (Å²) in [5.41, 5.74) is 2.08. The molecule has 2 aliphatic rings. The zero-order valence-electron chi connectivity index (χ0n) is 12.2. The molecule has 3 rings (SSSR count). The third-order valence-corrected chi connectivity index (χ3v) is 4.83. The number of nitriles is 1. The number of fused-ring (bicyclic) bond motifs is 1. The molecule has 1 fully saturated rings. The van der Waals surface area contributed by atoms with E-state index in [9.17, 15) is 5.26 Å². The van der Waals surface area contributed by atoms with Crippen molar-refractivity contribution in [2.24, 2.45) is 0 Å². The Morgan fingerprint density at radius 3 is 2.70 bits per heavy atom. The van der Waals surface area contributed by atoms with Crippen molar-refractivity contribution in [3.63, 3.8) is 0 Å². The number of benzene rings is 1. The van der Waals surface area contributed by atoms with Gasteiger partial charge in [-0.25, -0.2) is 0 Å². The monoisotopic (exact) mass is 270 g/mol. The number of hydrogen-bond donors (Lipinski definition) is 0.